The molecule has 3 saturated carbocycles. The summed E-state index contributed by atoms with van der Waals surface area (Å²) in [6, 6.07) is 0. The number of carbonyl (C=O) groups excluding carboxylic acids is 2. The standard InChI is InChI=1S/C29H44O5/c1-18-16-20-22-11-13-29(14-15-33-19(2)30,34-25(32)26(3,4)5)28(22,7)17-23(31)24(20)27(6)12-9-8-10-21(18)27/h9-10,12,18,20,22-24,31H,8,11,13-17H2,1-7H3/t18-,20-,22-,23-,24+,27-,28-,29-/m0/s1. The number of rotatable bonds is 4. The molecule has 1 N–H and O–H groups in total. The number of aliphatic hydroxyl groups excluding tert-OH is 1. The highest BCUT2D eigenvalue weighted by atomic mass is 16.6. The molecule has 0 bridgehead atoms. The number of ether oxygens (including phenoxy) is 2. The average Bonchev–Trinajstić information content (AvgIpc) is 2.98. The molecule has 0 aromatic rings. The molecule has 4 aliphatic rings. The van der Waals surface area contributed by atoms with Crippen molar-refractivity contribution in [3.8, 4) is 0 Å². The van der Waals surface area contributed by atoms with Gasteiger partial charge >= 0.3 is 11.9 Å². The highest BCUT2D eigenvalue weighted by Crippen LogP contribution is 2.69. The third-order valence-corrected chi connectivity index (χ3v) is 9.86. The van der Waals surface area contributed by atoms with Gasteiger partial charge in [0.15, 0.2) is 0 Å². The molecule has 5 nitrogen and oxygen atoms in total. The Morgan fingerprint density at radius 2 is 1.94 bits per heavy atom. The number of aliphatic hydroxyl groups is 1. The Labute approximate surface area is 205 Å². The van der Waals surface area contributed by atoms with E-state index in [4.69, 9.17) is 9.47 Å². The molecule has 0 radical (unpaired) electrons. The molecular formula is C29H44O5. The van der Waals surface area contributed by atoms with Crippen LogP contribution in [-0.4, -0.2) is 35.4 Å². The molecule has 0 aromatic heterocycles. The number of hydrogen-bond acceptors (Lipinski definition) is 5. The third kappa shape index (κ3) is 3.86. The van der Waals surface area contributed by atoms with Crippen molar-refractivity contribution in [3.63, 3.8) is 0 Å². The van der Waals surface area contributed by atoms with Crippen molar-refractivity contribution in [2.75, 3.05) is 6.61 Å². The van der Waals surface area contributed by atoms with Crippen molar-refractivity contribution in [2.45, 2.75) is 98.7 Å². The SMILES string of the molecule is CC(=O)OCC[C@@]1(OC(=O)C(C)(C)C)CC[C@H]2[C@@H]3C[C@H](C)C4=CCC=C[C@]4(C)[C@H]3[C@@H](O)C[C@@]21C. The number of carbonyl (C=O) groups is 2. The molecule has 0 aromatic carbocycles. The Balaban J connectivity index is 1.72. The van der Waals surface area contributed by atoms with Crippen LogP contribution in [0.2, 0.25) is 0 Å². The van der Waals surface area contributed by atoms with E-state index in [1.807, 2.05) is 20.8 Å². The predicted octanol–water partition coefficient (Wildman–Crippen LogP) is 5.61. The summed E-state index contributed by atoms with van der Waals surface area (Å²) in [7, 11) is 0. The molecule has 0 spiro atoms. The molecule has 0 aliphatic heterocycles. The first-order valence-corrected chi connectivity index (χ1v) is 13.2. The molecule has 5 heteroatoms. The van der Waals surface area contributed by atoms with Crippen LogP contribution >= 0.6 is 0 Å². The van der Waals surface area contributed by atoms with E-state index in [0.29, 0.717) is 30.6 Å². The zero-order valence-corrected chi connectivity index (χ0v) is 22.1. The quantitative estimate of drug-likeness (QED) is 0.425. The van der Waals surface area contributed by atoms with Crippen LogP contribution < -0.4 is 0 Å². The molecule has 8 atom stereocenters. The zero-order valence-electron chi connectivity index (χ0n) is 22.1. The first-order chi connectivity index (χ1) is 15.8. The van der Waals surface area contributed by atoms with Crippen molar-refractivity contribution in [2.24, 2.45) is 39.9 Å². The van der Waals surface area contributed by atoms with Crippen LogP contribution in [0.5, 0.6) is 0 Å². The Morgan fingerprint density at radius 1 is 1.24 bits per heavy atom. The van der Waals surface area contributed by atoms with Crippen molar-refractivity contribution >= 4 is 11.9 Å². The van der Waals surface area contributed by atoms with Gasteiger partial charge in [-0.3, -0.25) is 9.59 Å². The summed E-state index contributed by atoms with van der Waals surface area (Å²) in [6.45, 7) is 14.1. The normalized spacial score (nSPS) is 43.3. The Morgan fingerprint density at radius 3 is 2.59 bits per heavy atom. The topological polar surface area (TPSA) is 72.8 Å². The lowest BCUT2D eigenvalue weighted by molar-refractivity contribution is -0.208. The van der Waals surface area contributed by atoms with Crippen LogP contribution in [0.25, 0.3) is 0 Å². The van der Waals surface area contributed by atoms with Gasteiger partial charge in [-0.15, -0.1) is 0 Å². The van der Waals surface area contributed by atoms with Gasteiger partial charge in [0, 0.05) is 30.1 Å². The highest BCUT2D eigenvalue weighted by Gasteiger charge is 2.68. The lowest BCUT2D eigenvalue weighted by atomic mass is 9.45. The fraction of sp³-hybridized carbons (Fsp3) is 0.793. The summed E-state index contributed by atoms with van der Waals surface area (Å²) >= 11 is 0. The van der Waals surface area contributed by atoms with E-state index >= 15 is 0 Å². The molecule has 4 aliphatic carbocycles. The minimum Gasteiger partial charge on any atom is -0.466 e. The molecule has 4 rings (SSSR count). The van der Waals surface area contributed by atoms with Crippen molar-refractivity contribution < 1.29 is 24.2 Å². The van der Waals surface area contributed by atoms with Gasteiger partial charge in [-0.2, -0.15) is 0 Å². The summed E-state index contributed by atoms with van der Waals surface area (Å²) in [5, 5.41) is 11.8. The molecule has 0 unspecified atom stereocenters. The van der Waals surface area contributed by atoms with E-state index in [2.05, 4.69) is 39.0 Å². The summed E-state index contributed by atoms with van der Waals surface area (Å²) in [5.74, 6) is 0.808. The maximum absolute atomic E-state index is 13.2. The number of esters is 2. The van der Waals surface area contributed by atoms with E-state index in [9.17, 15) is 14.7 Å². The number of fused-ring (bicyclic) bond motifs is 5. The second-order valence-electron chi connectivity index (χ2n) is 13.0. The van der Waals surface area contributed by atoms with Crippen LogP contribution in [0.4, 0.5) is 0 Å². The molecular weight excluding hydrogens is 428 g/mol. The first-order valence-electron chi connectivity index (χ1n) is 13.2. The highest BCUT2D eigenvalue weighted by molar-refractivity contribution is 5.76. The summed E-state index contributed by atoms with van der Waals surface area (Å²) in [5.41, 5.74) is -0.377. The molecule has 0 saturated heterocycles. The fourth-order valence-corrected chi connectivity index (χ4v) is 8.32. The Hall–Kier alpha value is -1.62. The van der Waals surface area contributed by atoms with Gasteiger partial charge in [-0.05, 0) is 70.6 Å². The maximum atomic E-state index is 13.2. The number of hydrogen-bond donors (Lipinski definition) is 1. The first kappa shape index (κ1) is 25.5. The zero-order chi connectivity index (χ0) is 25.1. The predicted molar refractivity (Wildman–Crippen MR) is 132 cm³/mol. The van der Waals surface area contributed by atoms with Crippen molar-refractivity contribution in [3.05, 3.63) is 23.8 Å². The van der Waals surface area contributed by atoms with E-state index in [0.717, 1.165) is 25.7 Å². The third-order valence-electron chi connectivity index (χ3n) is 9.86. The second kappa shape index (κ2) is 8.50. The van der Waals surface area contributed by atoms with Gasteiger partial charge in [0.1, 0.15) is 5.60 Å². The van der Waals surface area contributed by atoms with Gasteiger partial charge in [-0.1, -0.05) is 44.6 Å². The Kier molecular flexibility index (Phi) is 6.37. The van der Waals surface area contributed by atoms with Gasteiger partial charge in [0.2, 0.25) is 0 Å². The minimum atomic E-state index is -0.744. The van der Waals surface area contributed by atoms with E-state index in [1.54, 1.807) is 0 Å². The van der Waals surface area contributed by atoms with E-state index < -0.39 is 17.1 Å². The lowest BCUT2D eigenvalue weighted by Gasteiger charge is -2.61. The minimum absolute atomic E-state index is 0.119. The maximum Gasteiger partial charge on any atom is 0.311 e. The van der Waals surface area contributed by atoms with Crippen LogP contribution in [0.3, 0.4) is 0 Å². The summed E-state index contributed by atoms with van der Waals surface area (Å²) < 4.78 is 11.8. The van der Waals surface area contributed by atoms with Crippen LogP contribution in [0, 0.1) is 39.9 Å². The van der Waals surface area contributed by atoms with E-state index in [1.165, 1.54) is 12.5 Å². The largest absolute Gasteiger partial charge is 0.466 e. The molecule has 3 fully saturated rings. The second-order valence-corrected chi connectivity index (χ2v) is 13.0. The lowest BCUT2D eigenvalue weighted by Crippen LogP contribution is -2.61. The smallest absolute Gasteiger partial charge is 0.311 e. The van der Waals surface area contributed by atoms with Gasteiger partial charge in [-0.25, -0.2) is 0 Å². The summed E-state index contributed by atoms with van der Waals surface area (Å²) in [4.78, 5) is 24.7. The molecule has 0 heterocycles. The van der Waals surface area contributed by atoms with Crippen molar-refractivity contribution in [1.82, 2.24) is 0 Å². The Bertz CT molecular complexity index is 897. The molecule has 0 amide bonds. The van der Waals surface area contributed by atoms with Crippen LogP contribution in [0.1, 0.15) is 87.0 Å². The van der Waals surface area contributed by atoms with Gasteiger partial charge in [0.25, 0.3) is 0 Å². The van der Waals surface area contributed by atoms with Crippen LogP contribution in [0.15, 0.2) is 23.8 Å². The molecule has 34 heavy (non-hydrogen) atoms. The summed E-state index contributed by atoms with van der Waals surface area (Å²) in [6.07, 6.45) is 11.3. The van der Waals surface area contributed by atoms with E-state index in [-0.39, 0.29) is 35.3 Å². The van der Waals surface area contributed by atoms with Crippen molar-refractivity contribution in [1.29, 1.82) is 0 Å². The fourth-order valence-electron chi connectivity index (χ4n) is 8.32. The average molecular weight is 473 g/mol. The van der Waals surface area contributed by atoms with Gasteiger partial charge < -0.3 is 14.6 Å². The molecule has 190 valence electrons. The van der Waals surface area contributed by atoms with Crippen LogP contribution in [-0.2, 0) is 19.1 Å². The van der Waals surface area contributed by atoms with Gasteiger partial charge in [0.05, 0.1) is 18.1 Å². The number of allylic oxidation sites excluding steroid dienone is 4. The monoisotopic (exact) mass is 472 g/mol.